The normalized spacial score (nSPS) is 10.0. The Morgan fingerprint density at radius 3 is 2.54 bits per heavy atom. The van der Waals surface area contributed by atoms with E-state index >= 15 is 0 Å². The molecule has 0 aliphatic heterocycles. The van der Waals surface area contributed by atoms with E-state index in [2.05, 4.69) is 15.9 Å². The lowest BCUT2D eigenvalue weighted by molar-refractivity contribution is 0.102. The Kier molecular flexibility index (Phi) is 3.17. The van der Waals surface area contributed by atoms with Crippen LogP contribution in [0.4, 0.5) is 11.4 Å². The maximum atomic E-state index is 11.2. The van der Waals surface area contributed by atoms with Gasteiger partial charge in [0.05, 0.1) is 21.7 Å². The van der Waals surface area contributed by atoms with Crippen LogP contribution in [0.1, 0.15) is 10.4 Å². The minimum atomic E-state index is -0.0754. The summed E-state index contributed by atoms with van der Waals surface area (Å²) in [7, 11) is 0. The van der Waals surface area contributed by atoms with Gasteiger partial charge in [0.15, 0.2) is 5.78 Å². The highest BCUT2D eigenvalue weighted by Crippen LogP contribution is 2.27. The van der Waals surface area contributed by atoms with Gasteiger partial charge in [-0.1, -0.05) is 27.5 Å². The van der Waals surface area contributed by atoms with Crippen molar-refractivity contribution in [2.45, 2.75) is 0 Å². The molecule has 4 N–H and O–H groups in total. The first kappa shape index (κ1) is 10.3. The van der Waals surface area contributed by atoms with E-state index in [1.54, 1.807) is 0 Å². The van der Waals surface area contributed by atoms with Crippen LogP contribution in [0.15, 0.2) is 12.1 Å². The molecule has 0 aromatic heterocycles. The van der Waals surface area contributed by atoms with Gasteiger partial charge in [0.25, 0.3) is 0 Å². The number of halogens is 2. The van der Waals surface area contributed by atoms with Gasteiger partial charge in [-0.3, -0.25) is 4.79 Å². The molecule has 0 fully saturated rings. The number of anilines is 2. The van der Waals surface area contributed by atoms with Gasteiger partial charge in [-0.25, -0.2) is 0 Å². The summed E-state index contributed by atoms with van der Waals surface area (Å²) in [4.78, 5) is 11.2. The molecular formula is C8H8BrClN2O. The van der Waals surface area contributed by atoms with Gasteiger partial charge < -0.3 is 11.5 Å². The number of nitrogens with two attached hydrogens (primary N) is 2. The second-order valence-corrected chi connectivity index (χ2v) is 3.49. The molecule has 70 valence electrons. The van der Waals surface area contributed by atoms with Crippen LogP contribution in [-0.4, -0.2) is 11.1 Å². The van der Waals surface area contributed by atoms with Gasteiger partial charge in [0.1, 0.15) is 0 Å². The zero-order chi connectivity index (χ0) is 10.0. The lowest BCUT2D eigenvalue weighted by Gasteiger charge is -2.05. The SMILES string of the molecule is Nc1cc(C(=O)CBr)cc(Cl)c1N. The van der Waals surface area contributed by atoms with Crippen molar-refractivity contribution in [3.8, 4) is 0 Å². The Bertz CT molecular complexity index is 331. The summed E-state index contributed by atoms with van der Waals surface area (Å²) in [6, 6.07) is 3.03. The summed E-state index contributed by atoms with van der Waals surface area (Å²) in [6.07, 6.45) is 0. The first-order valence-electron chi connectivity index (χ1n) is 3.50. The molecule has 0 aliphatic rings. The predicted molar refractivity (Wildman–Crippen MR) is 58.4 cm³/mol. The minimum absolute atomic E-state index is 0.0754. The van der Waals surface area contributed by atoms with Gasteiger partial charge in [0.2, 0.25) is 0 Å². The fraction of sp³-hybridized carbons (Fsp3) is 0.125. The highest BCUT2D eigenvalue weighted by Gasteiger charge is 2.08. The third-order valence-electron chi connectivity index (χ3n) is 1.60. The van der Waals surface area contributed by atoms with Gasteiger partial charge >= 0.3 is 0 Å². The topological polar surface area (TPSA) is 69.1 Å². The maximum absolute atomic E-state index is 11.2. The van der Waals surface area contributed by atoms with Crippen LogP contribution in [0.3, 0.4) is 0 Å². The second kappa shape index (κ2) is 3.98. The Balaban J connectivity index is 3.20. The van der Waals surface area contributed by atoms with Crippen molar-refractivity contribution in [2.75, 3.05) is 16.8 Å². The molecule has 1 aromatic rings. The summed E-state index contributed by atoms with van der Waals surface area (Å²) in [5.41, 5.74) is 12.2. The number of carbonyl (C=O) groups is 1. The predicted octanol–water partition coefficient (Wildman–Crippen LogP) is 2.08. The Labute approximate surface area is 89.2 Å². The van der Waals surface area contributed by atoms with Crippen molar-refractivity contribution >= 4 is 44.7 Å². The molecule has 0 aliphatic carbocycles. The molecule has 0 bridgehead atoms. The smallest absolute Gasteiger partial charge is 0.173 e. The molecule has 0 atom stereocenters. The fourth-order valence-electron chi connectivity index (χ4n) is 0.877. The molecule has 0 saturated heterocycles. The fourth-order valence-corrected chi connectivity index (χ4v) is 1.43. The molecule has 1 rings (SSSR count). The largest absolute Gasteiger partial charge is 0.397 e. The van der Waals surface area contributed by atoms with Crippen molar-refractivity contribution in [1.82, 2.24) is 0 Å². The van der Waals surface area contributed by atoms with Gasteiger partial charge in [-0.2, -0.15) is 0 Å². The highest BCUT2D eigenvalue weighted by atomic mass is 79.9. The van der Waals surface area contributed by atoms with E-state index in [9.17, 15) is 4.79 Å². The number of nitrogen functional groups attached to an aromatic ring is 2. The molecule has 0 amide bonds. The van der Waals surface area contributed by atoms with Gasteiger partial charge in [-0.05, 0) is 12.1 Å². The molecule has 3 nitrogen and oxygen atoms in total. The van der Waals surface area contributed by atoms with Crippen LogP contribution in [-0.2, 0) is 0 Å². The summed E-state index contributed by atoms with van der Waals surface area (Å²) in [5, 5.41) is 0.552. The number of Topliss-reactive ketones (excluding diaryl/α,β-unsaturated/α-hetero) is 1. The highest BCUT2D eigenvalue weighted by molar-refractivity contribution is 9.09. The van der Waals surface area contributed by atoms with E-state index in [0.29, 0.717) is 22.0 Å². The van der Waals surface area contributed by atoms with E-state index in [1.165, 1.54) is 12.1 Å². The first-order chi connectivity index (χ1) is 6.06. The standard InChI is InChI=1S/C8H8BrClN2O/c9-3-7(13)4-1-5(10)8(12)6(11)2-4/h1-2H,3,11-12H2. The van der Waals surface area contributed by atoms with E-state index < -0.39 is 0 Å². The third-order valence-corrected chi connectivity index (χ3v) is 2.43. The summed E-state index contributed by atoms with van der Waals surface area (Å²) in [6.45, 7) is 0. The van der Waals surface area contributed by atoms with Crippen LogP contribution in [0, 0.1) is 0 Å². The Morgan fingerprint density at radius 1 is 1.46 bits per heavy atom. The zero-order valence-corrected chi connectivity index (χ0v) is 9.02. The molecular weight excluding hydrogens is 255 g/mol. The van der Waals surface area contributed by atoms with E-state index in [1.807, 2.05) is 0 Å². The molecule has 0 radical (unpaired) electrons. The Hall–Kier alpha value is -0.740. The second-order valence-electron chi connectivity index (χ2n) is 2.52. The average Bonchev–Trinajstić information content (AvgIpc) is 2.12. The number of carbonyl (C=O) groups excluding carboxylic acids is 1. The van der Waals surface area contributed by atoms with Gasteiger partial charge in [-0.15, -0.1) is 0 Å². The summed E-state index contributed by atoms with van der Waals surface area (Å²) in [5.74, 6) is -0.0754. The molecule has 0 spiro atoms. The van der Waals surface area contributed by atoms with E-state index in [4.69, 9.17) is 23.1 Å². The molecule has 1 aromatic carbocycles. The molecule has 13 heavy (non-hydrogen) atoms. The van der Waals surface area contributed by atoms with Crippen LogP contribution in [0.25, 0.3) is 0 Å². The molecule has 0 heterocycles. The lowest BCUT2D eigenvalue weighted by Crippen LogP contribution is -2.03. The van der Waals surface area contributed by atoms with Crippen LogP contribution in [0.5, 0.6) is 0 Å². The number of rotatable bonds is 2. The van der Waals surface area contributed by atoms with Crippen LogP contribution >= 0.6 is 27.5 Å². The number of hydrogen-bond donors (Lipinski definition) is 2. The van der Waals surface area contributed by atoms with Crippen molar-refractivity contribution in [3.63, 3.8) is 0 Å². The number of benzene rings is 1. The summed E-state index contributed by atoms with van der Waals surface area (Å²) >= 11 is 8.80. The van der Waals surface area contributed by atoms with Crippen molar-refractivity contribution in [2.24, 2.45) is 0 Å². The quantitative estimate of drug-likeness (QED) is 0.488. The maximum Gasteiger partial charge on any atom is 0.173 e. The molecule has 0 unspecified atom stereocenters. The number of ketones is 1. The van der Waals surface area contributed by atoms with Crippen LogP contribution < -0.4 is 11.5 Å². The van der Waals surface area contributed by atoms with Crippen molar-refractivity contribution < 1.29 is 4.79 Å². The number of hydrogen-bond acceptors (Lipinski definition) is 3. The molecule has 0 saturated carbocycles. The Morgan fingerprint density at radius 2 is 2.08 bits per heavy atom. The van der Waals surface area contributed by atoms with Gasteiger partial charge in [0, 0.05) is 5.56 Å². The van der Waals surface area contributed by atoms with E-state index in [0.717, 1.165) is 0 Å². The van der Waals surface area contributed by atoms with Crippen molar-refractivity contribution in [1.29, 1.82) is 0 Å². The zero-order valence-electron chi connectivity index (χ0n) is 6.68. The monoisotopic (exact) mass is 262 g/mol. The third kappa shape index (κ3) is 2.14. The minimum Gasteiger partial charge on any atom is -0.397 e. The lowest BCUT2D eigenvalue weighted by atomic mass is 10.1. The summed E-state index contributed by atoms with van der Waals surface area (Å²) < 4.78 is 0. The van der Waals surface area contributed by atoms with E-state index in [-0.39, 0.29) is 11.1 Å². The average molecular weight is 264 g/mol. The molecule has 5 heteroatoms. The van der Waals surface area contributed by atoms with Crippen molar-refractivity contribution in [3.05, 3.63) is 22.7 Å². The first-order valence-corrected chi connectivity index (χ1v) is 5.00. The number of alkyl halides is 1. The van der Waals surface area contributed by atoms with Crippen LogP contribution in [0.2, 0.25) is 5.02 Å².